The molecule has 2 saturated heterocycles. The Labute approximate surface area is 228 Å². The van der Waals surface area contributed by atoms with Gasteiger partial charge in [-0.25, -0.2) is 14.2 Å². The number of carbonyl (C=O) groups is 3. The van der Waals surface area contributed by atoms with E-state index in [1.165, 1.54) is 0 Å². The molecule has 0 spiro atoms. The fraction of sp³-hybridized carbons (Fsp3) is 0.522. The van der Waals surface area contributed by atoms with Gasteiger partial charge in [0.25, 0.3) is 5.91 Å². The molecule has 2 fully saturated rings. The van der Waals surface area contributed by atoms with Gasteiger partial charge in [0.15, 0.2) is 18.4 Å². The van der Waals surface area contributed by atoms with Gasteiger partial charge in [-0.1, -0.05) is 37.6 Å². The van der Waals surface area contributed by atoms with Gasteiger partial charge in [-0.3, -0.25) is 28.0 Å². The second-order valence-corrected chi connectivity index (χ2v) is 10.7. The standard InChI is InChI=1S/C23H28ClN4O10P/c1-3-17(29)36-19-16(11-34-39(32)33-9-8-15(38-39)13-6-5-7-14(24)10-13)35-23(20(19)37-18(30)4-2)28-12-26-22(27-28)21(25)31/h5-7,10,12,15-16,19-20,23H,3-4,8-9,11H2,1-2H3,(H2,25,31)/t15-,16+,19+,20+,23+,39?/m0/s1. The molecule has 0 saturated carbocycles. The number of amides is 1. The van der Waals surface area contributed by atoms with E-state index < -0.39 is 62.9 Å². The molecule has 0 radical (unpaired) electrons. The molecule has 1 unspecified atom stereocenters. The van der Waals surface area contributed by atoms with Gasteiger partial charge in [0.2, 0.25) is 5.82 Å². The lowest BCUT2D eigenvalue weighted by molar-refractivity contribution is -0.168. The van der Waals surface area contributed by atoms with E-state index in [1.807, 2.05) is 0 Å². The Bertz CT molecular complexity index is 1260. The number of nitrogens with two attached hydrogens (primary N) is 1. The van der Waals surface area contributed by atoms with E-state index in [4.69, 9.17) is 45.1 Å². The van der Waals surface area contributed by atoms with Crippen LogP contribution in [0.3, 0.4) is 0 Å². The monoisotopic (exact) mass is 586 g/mol. The molecule has 16 heteroatoms. The Balaban J connectivity index is 1.56. The van der Waals surface area contributed by atoms with Gasteiger partial charge in [0.05, 0.1) is 19.3 Å². The zero-order valence-corrected chi connectivity index (χ0v) is 22.8. The highest BCUT2D eigenvalue weighted by atomic mass is 35.5. The highest BCUT2D eigenvalue weighted by molar-refractivity contribution is 7.48. The van der Waals surface area contributed by atoms with E-state index in [0.29, 0.717) is 17.0 Å². The van der Waals surface area contributed by atoms with Crippen molar-refractivity contribution in [2.24, 2.45) is 5.73 Å². The number of esters is 2. The molecule has 2 aromatic rings. The van der Waals surface area contributed by atoms with E-state index >= 15 is 0 Å². The zero-order chi connectivity index (χ0) is 28.2. The fourth-order valence-corrected chi connectivity index (χ4v) is 5.57. The summed E-state index contributed by atoms with van der Waals surface area (Å²) < 4.78 is 48.2. The van der Waals surface area contributed by atoms with Crippen molar-refractivity contribution in [1.29, 1.82) is 0 Å². The van der Waals surface area contributed by atoms with Crippen molar-refractivity contribution < 1.29 is 46.7 Å². The third-order valence-corrected chi connectivity index (χ3v) is 7.60. The summed E-state index contributed by atoms with van der Waals surface area (Å²) in [6.45, 7) is 2.82. The van der Waals surface area contributed by atoms with Gasteiger partial charge in [-0.05, 0) is 17.7 Å². The highest BCUT2D eigenvalue weighted by Gasteiger charge is 2.52. The Morgan fingerprint density at radius 3 is 2.54 bits per heavy atom. The van der Waals surface area contributed by atoms with Gasteiger partial charge < -0.3 is 19.9 Å². The molecule has 14 nitrogen and oxygen atoms in total. The van der Waals surface area contributed by atoms with E-state index in [2.05, 4.69) is 10.1 Å². The highest BCUT2D eigenvalue weighted by Crippen LogP contribution is 2.57. The summed E-state index contributed by atoms with van der Waals surface area (Å²) in [6, 6.07) is 6.92. The minimum absolute atomic E-state index is 0.0182. The number of benzene rings is 1. The predicted octanol–water partition coefficient (Wildman–Crippen LogP) is 2.87. The topological polar surface area (TPSA) is 180 Å². The lowest BCUT2D eigenvalue weighted by Crippen LogP contribution is -2.41. The average molecular weight is 587 g/mol. The first kappa shape index (κ1) is 29.1. The van der Waals surface area contributed by atoms with Crippen LogP contribution in [-0.2, 0) is 41.9 Å². The van der Waals surface area contributed by atoms with Crippen LogP contribution in [0.2, 0.25) is 5.02 Å². The van der Waals surface area contributed by atoms with Crippen molar-refractivity contribution in [3.8, 4) is 0 Å². The van der Waals surface area contributed by atoms with Gasteiger partial charge in [-0.2, -0.15) is 0 Å². The summed E-state index contributed by atoms with van der Waals surface area (Å²) in [5.74, 6) is -2.41. The number of nitrogens with zero attached hydrogens (tertiary/aromatic N) is 3. The summed E-state index contributed by atoms with van der Waals surface area (Å²) in [4.78, 5) is 39.9. The van der Waals surface area contributed by atoms with Crippen molar-refractivity contribution in [2.75, 3.05) is 13.2 Å². The first-order valence-corrected chi connectivity index (χ1v) is 14.0. The smallest absolute Gasteiger partial charge is 0.455 e. The second-order valence-electron chi connectivity index (χ2n) is 8.61. The summed E-state index contributed by atoms with van der Waals surface area (Å²) >= 11 is 6.08. The maximum absolute atomic E-state index is 13.4. The molecule has 3 heterocycles. The number of ether oxygens (including phenoxy) is 3. The van der Waals surface area contributed by atoms with Crippen LogP contribution < -0.4 is 5.73 Å². The maximum Gasteiger partial charge on any atom is 0.475 e. The van der Waals surface area contributed by atoms with Crippen LogP contribution in [0.15, 0.2) is 30.6 Å². The number of hydrogen-bond acceptors (Lipinski definition) is 12. The van der Waals surface area contributed by atoms with E-state index in [9.17, 15) is 18.9 Å². The maximum atomic E-state index is 13.4. The van der Waals surface area contributed by atoms with Gasteiger partial charge in [0, 0.05) is 24.3 Å². The van der Waals surface area contributed by atoms with Crippen LogP contribution in [0, 0.1) is 0 Å². The lowest BCUT2D eigenvalue weighted by Gasteiger charge is -2.30. The van der Waals surface area contributed by atoms with Gasteiger partial charge >= 0.3 is 19.8 Å². The number of halogens is 1. The second kappa shape index (κ2) is 12.5. The molecule has 2 aliphatic heterocycles. The number of aromatic nitrogens is 3. The summed E-state index contributed by atoms with van der Waals surface area (Å²) in [5, 5.41) is 4.47. The van der Waals surface area contributed by atoms with Crippen LogP contribution >= 0.6 is 19.4 Å². The van der Waals surface area contributed by atoms with Crippen LogP contribution in [-0.4, -0.2) is 64.1 Å². The first-order valence-electron chi connectivity index (χ1n) is 12.2. The Morgan fingerprint density at radius 1 is 1.18 bits per heavy atom. The van der Waals surface area contributed by atoms with Crippen molar-refractivity contribution >= 4 is 37.3 Å². The molecular formula is C23H28ClN4O10P. The molecule has 1 aromatic carbocycles. The molecule has 1 aromatic heterocycles. The Kier molecular flexibility index (Phi) is 9.36. The van der Waals surface area contributed by atoms with Crippen molar-refractivity contribution in [2.45, 2.75) is 63.8 Å². The average Bonchev–Trinajstić information content (AvgIpc) is 3.53. The number of primary amides is 1. The molecule has 6 atom stereocenters. The normalized spacial score (nSPS) is 28.6. The van der Waals surface area contributed by atoms with Crippen molar-refractivity contribution in [3.05, 3.63) is 47.0 Å². The van der Waals surface area contributed by atoms with Crippen LogP contribution in [0.25, 0.3) is 0 Å². The SMILES string of the molecule is CCC(=O)O[C@@H]1[C@H](OC(=O)CC)[C@@H](COP2(=O)OCC[C@@H](c3cccc(Cl)c3)O2)O[C@H]1n1cnc(C(N)=O)n1. The Morgan fingerprint density at radius 2 is 1.90 bits per heavy atom. The molecule has 0 aliphatic carbocycles. The number of hydrogen-bond donors (Lipinski definition) is 1. The van der Waals surface area contributed by atoms with Crippen LogP contribution in [0.1, 0.15) is 61.6 Å². The lowest BCUT2D eigenvalue weighted by atomic mass is 10.1. The summed E-state index contributed by atoms with van der Waals surface area (Å²) in [6.07, 6.45) is -3.69. The molecule has 4 rings (SSSR count). The van der Waals surface area contributed by atoms with Crippen LogP contribution in [0.5, 0.6) is 0 Å². The Hall–Kier alpha value is -2.87. The van der Waals surface area contributed by atoms with E-state index in [1.54, 1.807) is 38.1 Å². The first-order chi connectivity index (χ1) is 18.6. The minimum Gasteiger partial charge on any atom is -0.455 e. The van der Waals surface area contributed by atoms with Gasteiger partial charge in [0.1, 0.15) is 12.4 Å². The largest absolute Gasteiger partial charge is 0.475 e. The van der Waals surface area contributed by atoms with E-state index in [0.717, 1.165) is 11.0 Å². The molecule has 1 amide bonds. The third-order valence-electron chi connectivity index (χ3n) is 5.89. The van der Waals surface area contributed by atoms with Gasteiger partial charge in [-0.15, -0.1) is 5.10 Å². The molecule has 212 valence electrons. The summed E-state index contributed by atoms with van der Waals surface area (Å²) in [7, 11) is -4.09. The van der Waals surface area contributed by atoms with Crippen molar-refractivity contribution in [1.82, 2.24) is 14.8 Å². The quantitative estimate of drug-likeness (QED) is 0.318. The number of carbonyl (C=O) groups excluding carboxylic acids is 3. The summed E-state index contributed by atoms with van der Waals surface area (Å²) in [5.41, 5.74) is 5.95. The van der Waals surface area contributed by atoms with Crippen LogP contribution in [0.4, 0.5) is 0 Å². The molecule has 2 aliphatic rings. The fourth-order valence-electron chi connectivity index (χ4n) is 3.98. The zero-order valence-electron chi connectivity index (χ0n) is 21.1. The number of phosphoric ester groups is 1. The molecular weight excluding hydrogens is 559 g/mol. The number of phosphoric acid groups is 1. The minimum atomic E-state index is -4.09. The third kappa shape index (κ3) is 7.02. The number of rotatable bonds is 10. The predicted molar refractivity (Wildman–Crippen MR) is 132 cm³/mol. The molecule has 39 heavy (non-hydrogen) atoms. The van der Waals surface area contributed by atoms with Crippen molar-refractivity contribution in [3.63, 3.8) is 0 Å². The molecule has 0 bridgehead atoms. The van der Waals surface area contributed by atoms with E-state index in [-0.39, 0.29) is 25.3 Å². The molecule has 2 N–H and O–H groups in total.